The smallest absolute Gasteiger partial charge is 0.120 e. The van der Waals surface area contributed by atoms with Crippen LogP contribution >= 0.6 is 24.8 Å². The highest BCUT2D eigenvalue weighted by molar-refractivity contribution is 5.85. The lowest BCUT2D eigenvalue weighted by Crippen LogP contribution is -2.38. The second-order valence-corrected chi connectivity index (χ2v) is 9.91. The summed E-state index contributed by atoms with van der Waals surface area (Å²) in [4.78, 5) is 2.50. The van der Waals surface area contributed by atoms with Gasteiger partial charge >= 0.3 is 0 Å². The number of nitrogens with one attached hydrogen (secondary N) is 1. The van der Waals surface area contributed by atoms with Crippen molar-refractivity contribution in [3.05, 3.63) is 89.5 Å². The number of aryl methyl sites for hydroxylation is 1. The molecule has 0 saturated carbocycles. The highest BCUT2D eigenvalue weighted by Gasteiger charge is 2.23. The molecule has 5 heteroatoms. The van der Waals surface area contributed by atoms with E-state index in [-0.39, 0.29) is 24.8 Å². The second-order valence-electron chi connectivity index (χ2n) is 9.91. The average Bonchev–Trinajstić information content (AvgIpc) is 2.92. The molecule has 2 unspecified atom stereocenters. The van der Waals surface area contributed by atoms with Crippen LogP contribution in [-0.4, -0.2) is 37.1 Å². The zero-order valence-corrected chi connectivity index (χ0v) is 24.3. The Labute approximate surface area is 236 Å². The Morgan fingerprint density at radius 2 is 1.59 bits per heavy atom. The van der Waals surface area contributed by atoms with Gasteiger partial charge in [-0.05, 0) is 105 Å². The third-order valence-electron chi connectivity index (χ3n) is 7.63. The summed E-state index contributed by atoms with van der Waals surface area (Å²) in [6, 6.07) is 26.5. The summed E-state index contributed by atoms with van der Waals surface area (Å²) in [6.45, 7) is 12.1. The van der Waals surface area contributed by atoms with E-state index in [2.05, 4.69) is 104 Å². The maximum absolute atomic E-state index is 6.16. The van der Waals surface area contributed by atoms with Crippen LogP contribution in [-0.2, 0) is 19.4 Å². The molecule has 1 aliphatic carbocycles. The third-order valence-corrected chi connectivity index (χ3v) is 7.63. The van der Waals surface area contributed by atoms with Gasteiger partial charge in [-0.3, -0.25) is 0 Å². The summed E-state index contributed by atoms with van der Waals surface area (Å²) in [6.07, 6.45) is 4.79. The van der Waals surface area contributed by atoms with Crippen LogP contribution in [0.25, 0.3) is 11.1 Å². The van der Waals surface area contributed by atoms with Crippen molar-refractivity contribution < 1.29 is 4.74 Å². The molecule has 0 aliphatic heterocycles. The summed E-state index contributed by atoms with van der Waals surface area (Å²) in [7, 11) is 0. The molecule has 3 aromatic carbocycles. The molecular weight excluding hydrogens is 499 g/mol. The zero-order chi connectivity index (χ0) is 24.5. The predicted octanol–water partition coefficient (Wildman–Crippen LogP) is 7.59. The summed E-state index contributed by atoms with van der Waals surface area (Å²) in [5.41, 5.74) is 6.65. The van der Waals surface area contributed by atoms with Crippen molar-refractivity contribution in [3.63, 3.8) is 0 Å². The first-order valence-corrected chi connectivity index (χ1v) is 13.5. The lowest BCUT2D eigenvalue weighted by Gasteiger charge is -2.30. The zero-order valence-electron chi connectivity index (χ0n) is 22.6. The van der Waals surface area contributed by atoms with Gasteiger partial charge in [-0.15, -0.1) is 24.8 Å². The van der Waals surface area contributed by atoms with Crippen LogP contribution in [0.5, 0.6) is 5.75 Å². The topological polar surface area (TPSA) is 24.5 Å². The van der Waals surface area contributed by atoms with E-state index in [0.29, 0.717) is 18.6 Å². The van der Waals surface area contributed by atoms with Crippen molar-refractivity contribution in [2.75, 3.05) is 26.2 Å². The van der Waals surface area contributed by atoms with Crippen molar-refractivity contribution >= 4 is 24.8 Å². The van der Waals surface area contributed by atoms with E-state index in [4.69, 9.17) is 4.74 Å². The standard InChI is InChI=1S/C32H42N2O.2ClH/c1-4-34(5-2)21-9-20-33-25(3)29-16-17-31-23-32(19-18-30(31)22-29)35-24-26-12-14-28(15-13-26)27-10-7-6-8-11-27;;/h6-8,10-15,18-19,23,25,29,33H,4-5,9,16-17,20-22,24H2,1-3H3;2*1H. The Hall–Kier alpha value is -2.04. The number of fused-ring (bicyclic) bond motifs is 1. The molecule has 2 atom stereocenters. The predicted molar refractivity (Wildman–Crippen MR) is 163 cm³/mol. The number of nitrogens with zero attached hydrogens (tertiary/aromatic N) is 1. The Morgan fingerprint density at radius 1 is 0.892 bits per heavy atom. The maximum Gasteiger partial charge on any atom is 0.120 e. The van der Waals surface area contributed by atoms with E-state index in [0.717, 1.165) is 31.8 Å². The van der Waals surface area contributed by atoms with E-state index < -0.39 is 0 Å². The SMILES string of the molecule is CCN(CC)CCCNC(C)C1CCc2cc(OCc3ccc(-c4ccccc4)cc3)ccc2C1.Cl.Cl. The summed E-state index contributed by atoms with van der Waals surface area (Å²) < 4.78 is 6.16. The summed E-state index contributed by atoms with van der Waals surface area (Å²) in [5, 5.41) is 3.80. The number of hydrogen-bond acceptors (Lipinski definition) is 3. The molecule has 202 valence electrons. The monoisotopic (exact) mass is 542 g/mol. The van der Waals surface area contributed by atoms with Crippen LogP contribution in [0.2, 0.25) is 0 Å². The van der Waals surface area contributed by atoms with Gasteiger partial charge in [0.2, 0.25) is 0 Å². The highest BCUT2D eigenvalue weighted by atomic mass is 35.5. The molecule has 0 bridgehead atoms. The molecule has 0 fully saturated rings. The molecule has 0 radical (unpaired) electrons. The lowest BCUT2D eigenvalue weighted by molar-refractivity contribution is 0.285. The van der Waals surface area contributed by atoms with Crippen molar-refractivity contribution in [3.8, 4) is 16.9 Å². The van der Waals surface area contributed by atoms with Crippen molar-refractivity contribution in [2.24, 2.45) is 5.92 Å². The molecule has 37 heavy (non-hydrogen) atoms. The summed E-state index contributed by atoms with van der Waals surface area (Å²) in [5.74, 6) is 1.70. The van der Waals surface area contributed by atoms with E-state index in [9.17, 15) is 0 Å². The average molecular weight is 544 g/mol. The molecule has 0 spiro atoms. The molecule has 0 amide bonds. The van der Waals surface area contributed by atoms with Gasteiger partial charge < -0.3 is 15.0 Å². The van der Waals surface area contributed by atoms with Crippen molar-refractivity contribution in [2.45, 2.75) is 59.1 Å². The first-order valence-electron chi connectivity index (χ1n) is 13.5. The van der Waals surface area contributed by atoms with Gasteiger partial charge in [-0.1, -0.05) is 74.5 Å². The minimum absolute atomic E-state index is 0. The largest absolute Gasteiger partial charge is 0.489 e. The number of halogens is 2. The molecule has 0 heterocycles. The minimum Gasteiger partial charge on any atom is -0.489 e. The van der Waals surface area contributed by atoms with Crippen LogP contribution in [0.15, 0.2) is 72.8 Å². The van der Waals surface area contributed by atoms with Gasteiger partial charge in [-0.25, -0.2) is 0 Å². The van der Waals surface area contributed by atoms with Crippen LogP contribution in [0.4, 0.5) is 0 Å². The van der Waals surface area contributed by atoms with E-state index in [1.165, 1.54) is 53.6 Å². The fourth-order valence-electron chi connectivity index (χ4n) is 5.21. The van der Waals surface area contributed by atoms with Gasteiger partial charge in [0.05, 0.1) is 0 Å². The van der Waals surface area contributed by atoms with Crippen molar-refractivity contribution in [1.82, 2.24) is 10.2 Å². The van der Waals surface area contributed by atoms with Crippen molar-refractivity contribution in [1.29, 1.82) is 0 Å². The number of hydrogen-bond donors (Lipinski definition) is 1. The van der Waals surface area contributed by atoms with Gasteiger partial charge in [0.1, 0.15) is 12.4 Å². The number of benzene rings is 3. The van der Waals surface area contributed by atoms with Gasteiger partial charge in [0.25, 0.3) is 0 Å². The van der Waals surface area contributed by atoms with Crippen LogP contribution in [0.1, 0.15) is 50.3 Å². The van der Waals surface area contributed by atoms with Crippen LogP contribution in [0, 0.1) is 5.92 Å². The van der Waals surface area contributed by atoms with Gasteiger partial charge in [0, 0.05) is 6.04 Å². The molecule has 1 aliphatic rings. The Kier molecular flexibility index (Phi) is 13.5. The Morgan fingerprint density at radius 3 is 2.30 bits per heavy atom. The van der Waals surface area contributed by atoms with E-state index in [1.54, 1.807) is 0 Å². The summed E-state index contributed by atoms with van der Waals surface area (Å²) >= 11 is 0. The maximum atomic E-state index is 6.16. The normalized spacial score (nSPS) is 15.3. The first kappa shape index (κ1) is 31.2. The molecule has 1 N–H and O–H groups in total. The fourth-order valence-corrected chi connectivity index (χ4v) is 5.21. The highest BCUT2D eigenvalue weighted by Crippen LogP contribution is 2.30. The molecule has 0 aromatic heterocycles. The lowest BCUT2D eigenvalue weighted by atomic mass is 9.80. The molecule has 4 rings (SSSR count). The first-order chi connectivity index (χ1) is 17.2. The van der Waals surface area contributed by atoms with E-state index >= 15 is 0 Å². The second kappa shape index (κ2) is 16.0. The third kappa shape index (κ3) is 9.04. The molecule has 3 nitrogen and oxygen atoms in total. The van der Waals surface area contributed by atoms with Crippen LogP contribution in [0.3, 0.4) is 0 Å². The van der Waals surface area contributed by atoms with E-state index in [1.807, 2.05) is 0 Å². The quantitative estimate of drug-likeness (QED) is 0.238. The minimum atomic E-state index is 0. The van der Waals surface area contributed by atoms with Gasteiger partial charge in [0.15, 0.2) is 0 Å². The molecular formula is C32H44Cl2N2O. The number of ether oxygens (including phenoxy) is 1. The number of rotatable bonds is 12. The Bertz CT molecular complexity index is 1040. The fraction of sp³-hybridized carbons (Fsp3) is 0.438. The van der Waals surface area contributed by atoms with Gasteiger partial charge in [-0.2, -0.15) is 0 Å². The molecule has 3 aromatic rings. The Balaban J connectivity index is 0.00000241. The van der Waals surface area contributed by atoms with Crippen LogP contribution < -0.4 is 10.1 Å². The molecule has 0 saturated heterocycles.